The van der Waals surface area contributed by atoms with E-state index >= 15 is 0 Å². The molecule has 0 aromatic carbocycles. The first-order valence-electron chi connectivity index (χ1n) is 5.31. The molecule has 13 heavy (non-hydrogen) atoms. The Bertz CT molecular complexity index is 123. The number of unbranched alkanes of at least 4 members (excludes halogenated alkanes) is 1. The van der Waals surface area contributed by atoms with E-state index in [0.717, 1.165) is 19.3 Å². The van der Waals surface area contributed by atoms with Gasteiger partial charge in [0, 0.05) is 0 Å². The minimum atomic E-state index is -0.240. The van der Waals surface area contributed by atoms with Crippen LogP contribution in [0.15, 0.2) is 0 Å². The summed E-state index contributed by atoms with van der Waals surface area (Å²) in [7, 11) is 0. The summed E-state index contributed by atoms with van der Waals surface area (Å²) in [5.74, 6) is 0.627. The van der Waals surface area contributed by atoms with Gasteiger partial charge in [0.15, 0.2) is 0 Å². The molecule has 0 aromatic heterocycles. The summed E-state index contributed by atoms with van der Waals surface area (Å²) in [6.07, 6.45) is 5.48. The molecule has 0 bridgehead atoms. The monoisotopic (exact) mass is 186 g/mol. The lowest BCUT2D eigenvalue weighted by Gasteiger charge is -2.15. The second kappa shape index (κ2) is 8.24. The molecular formula is C11H22O2. The molecule has 2 unspecified atom stereocenters. The Kier molecular flexibility index (Phi) is 8.00. The smallest absolute Gasteiger partial charge is 0.148 e. The third-order valence-corrected chi connectivity index (χ3v) is 2.33. The third kappa shape index (κ3) is 6.76. The second-order valence-electron chi connectivity index (χ2n) is 3.59. The van der Waals surface area contributed by atoms with Crippen LogP contribution >= 0.6 is 0 Å². The van der Waals surface area contributed by atoms with Gasteiger partial charge in [0.1, 0.15) is 12.4 Å². The molecule has 2 nitrogen and oxygen atoms in total. The Morgan fingerprint density at radius 3 is 2.54 bits per heavy atom. The summed E-state index contributed by atoms with van der Waals surface area (Å²) < 4.78 is 5.37. The summed E-state index contributed by atoms with van der Waals surface area (Å²) in [6.45, 7) is 6.90. The summed E-state index contributed by atoms with van der Waals surface area (Å²) in [5, 5.41) is 0. The van der Waals surface area contributed by atoms with Gasteiger partial charge >= 0.3 is 0 Å². The van der Waals surface area contributed by atoms with Crippen LogP contribution in [-0.2, 0) is 9.53 Å². The topological polar surface area (TPSA) is 26.3 Å². The zero-order valence-corrected chi connectivity index (χ0v) is 9.08. The van der Waals surface area contributed by atoms with Crippen LogP contribution in [0.25, 0.3) is 0 Å². The molecule has 2 heteroatoms. The fourth-order valence-corrected chi connectivity index (χ4v) is 1.23. The van der Waals surface area contributed by atoms with Crippen molar-refractivity contribution in [2.75, 3.05) is 6.61 Å². The van der Waals surface area contributed by atoms with Gasteiger partial charge in [0.2, 0.25) is 0 Å². The minimum absolute atomic E-state index is 0.240. The molecule has 0 saturated carbocycles. The Morgan fingerprint density at radius 2 is 2.08 bits per heavy atom. The van der Waals surface area contributed by atoms with Crippen LogP contribution in [-0.4, -0.2) is 19.0 Å². The Morgan fingerprint density at radius 1 is 1.38 bits per heavy atom. The predicted octanol–water partition coefficient (Wildman–Crippen LogP) is 2.81. The van der Waals surface area contributed by atoms with Crippen LogP contribution in [0.2, 0.25) is 0 Å². The van der Waals surface area contributed by atoms with E-state index in [1.165, 1.54) is 19.3 Å². The molecule has 0 aliphatic carbocycles. The van der Waals surface area contributed by atoms with Crippen molar-refractivity contribution in [2.24, 2.45) is 5.92 Å². The lowest BCUT2D eigenvalue weighted by Crippen LogP contribution is -2.16. The quantitative estimate of drug-likeness (QED) is 0.545. The van der Waals surface area contributed by atoms with Gasteiger partial charge in [-0.05, 0) is 19.3 Å². The van der Waals surface area contributed by atoms with Gasteiger partial charge in [-0.15, -0.1) is 0 Å². The highest BCUT2D eigenvalue weighted by Gasteiger charge is 2.07. The molecular weight excluding hydrogens is 164 g/mol. The Hall–Kier alpha value is -0.370. The van der Waals surface area contributed by atoms with E-state index in [1.54, 1.807) is 6.92 Å². The first kappa shape index (κ1) is 12.6. The van der Waals surface area contributed by atoms with Crippen molar-refractivity contribution in [1.82, 2.24) is 0 Å². The van der Waals surface area contributed by atoms with Crippen molar-refractivity contribution >= 4 is 6.29 Å². The van der Waals surface area contributed by atoms with Gasteiger partial charge in [-0.25, -0.2) is 0 Å². The third-order valence-electron chi connectivity index (χ3n) is 2.33. The largest absolute Gasteiger partial charge is 0.371 e. The zero-order valence-electron chi connectivity index (χ0n) is 9.08. The summed E-state index contributed by atoms with van der Waals surface area (Å²) in [6, 6.07) is 0. The zero-order chi connectivity index (χ0) is 10.1. The Labute approximate surface area is 81.7 Å². The van der Waals surface area contributed by atoms with Crippen LogP contribution in [0, 0.1) is 5.92 Å². The van der Waals surface area contributed by atoms with Crippen LogP contribution in [0.4, 0.5) is 0 Å². The normalized spacial score (nSPS) is 15.3. The molecule has 0 aliphatic rings. The van der Waals surface area contributed by atoms with Gasteiger partial charge in [0.25, 0.3) is 0 Å². The van der Waals surface area contributed by atoms with Crippen LogP contribution in [0.3, 0.4) is 0 Å². The molecule has 78 valence electrons. The molecule has 0 aromatic rings. The predicted molar refractivity (Wildman–Crippen MR) is 54.8 cm³/mol. The van der Waals surface area contributed by atoms with Crippen LogP contribution in [0.1, 0.15) is 46.5 Å². The minimum Gasteiger partial charge on any atom is -0.371 e. The highest BCUT2D eigenvalue weighted by atomic mass is 16.5. The fourth-order valence-electron chi connectivity index (χ4n) is 1.23. The maximum absolute atomic E-state index is 10.3. The van der Waals surface area contributed by atoms with Gasteiger partial charge in [-0.3, -0.25) is 0 Å². The van der Waals surface area contributed by atoms with Crippen molar-refractivity contribution < 1.29 is 9.53 Å². The van der Waals surface area contributed by atoms with Crippen LogP contribution < -0.4 is 0 Å². The van der Waals surface area contributed by atoms with E-state index in [1.807, 2.05) is 0 Å². The lowest BCUT2D eigenvalue weighted by molar-refractivity contribution is -0.117. The van der Waals surface area contributed by atoms with Crippen molar-refractivity contribution in [2.45, 2.75) is 52.6 Å². The molecule has 0 aliphatic heterocycles. The number of hydrogen-bond donors (Lipinski definition) is 0. The molecule has 0 rings (SSSR count). The van der Waals surface area contributed by atoms with Crippen molar-refractivity contribution in [1.29, 1.82) is 0 Å². The highest BCUT2D eigenvalue weighted by Crippen LogP contribution is 2.13. The van der Waals surface area contributed by atoms with Gasteiger partial charge in [-0.1, -0.05) is 33.1 Å². The van der Waals surface area contributed by atoms with E-state index < -0.39 is 0 Å². The number of carbonyl (C=O) groups is 1. The second-order valence-corrected chi connectivity index (χ2v) is 3.59. The first-order chi connectivity index (χ1) is 6.24. The molecule has 0 fully saturated rings. The molecule has 2 atom stereocenters. The van der Waals surface area contributed by atoms with Crippen LogP contribution in [0.5, 0.6) is 0 Å². The first-order valence-corrected chi connectivity index (χ1v) is 5.31. The number of aldehydes is 1. The highest BCUT2D eigenvalue weighted by molar-refractivity contribution is 5.55. The number of ether oxygens (including phenoxy) is 1. The SMILES string of the molecule is CCCCC(CC)COC(C)C=O. The summed E-state index contributed by atoms with van der Waals surface area (Å²) >= 11 is 0. The van der Waals surface area contributed by atoms with Gasteiger partial charge < -0.3 is 9.53 Å². The van der Waals surface area contributed by atoms with E-state index in [9.17, 15) is 4.79 Å². The summed E-state index contributed by atoms with van der Waals surface area (Å²) in [4.78, 5) is 10.3. The van der Waals surface area contributed by atoms with Gasteiger partial charge in [0.05, 0.1) is 6.61 Å². The van der Waals surface area contributed by atoms with Crippen molar-refractivity contribution in [3.05, 3.63) is 0 Å². The number of carbonyl (C=O) groups excluding carboxylic acids is 1. The standard InChI is InChI=1S/C11H22O2/c1-4-6-7-11(5-2)9-13-10(3)8-12/h8,10-11H,4-7,9H2,1-3H3. The lowest BCUT2D eigenvalue weighted by atomic mass is 10.0. The van der Waals surface area contributed by atoms with Gasteiger partial charge in [-0.2, -0.15) is 0 Å². The fraction of sp³-hybridized carbons (Fsp3) is 0.909. The maximum Gasteiger partial charge on any atom is 0.148 e. The molecule has 0 amide bonds. The average molecular weight is 186 g/mol. The van der Waals surface area contributed by atoms with E-state index in [0.29, 0.717) is 5.92 Å². The van der Waals surface area contributed by atoms with E-state index in [-0.39, 0.29) is 6.10 Å². The Balaban J connectivity index is 3.52. The molecule has 0 radical (unpaired) electrons. The molecule has 0 spiro atoms. The molecule has 0 saturated heterocycles. The average Bonchev–Trinajstić information content (AvgIpc) is 2.17. The molecule has 0 N–H and O–H groups in total. The van der Waals surface area contributed by atoms with E-state index in [2.05, 4.69) is 13.8 Å². The van der Waals surface area contributed by atoms with Crippen molar-refractivity contribution in [3.8, 4) is 0 Å². The summed E-state index contributed by atoms with van der Waals surface area (Å²) in [5.41, 5.74) is 0. The number of rotatable bonds is 8. The molecule has 0 heterocycles. The van der Waals surface area contributed by atoms with Crippen molar-refractivity contribution in [3.63, 3.8) is 0 Å². The van der Waals surface area contributed by atoms with E-state index in [4.69, 9.17) is 4.74 Å². The number of hydrogen-bond acceptors (Lipinski definition) is 2. The maximum atomic E-state index is 10.3.